The summed E-state index contributed by atoms with van der Waals surface area (Å²) in [6.45, 7) is 1.77. The van der Waals surface area contributed by atoms with Crippen molar-refractivity contribution in [1.82, 2.24) is 0 Å². The first-order valence-electron chi connectivity index (χ1n) is 4.80. The largest absolute Gasteiger partial charge is 0.539 e. The van der Waals surface area contributed by atoms with E-state index in [0.717, 1.165) is 19.3 Å². The van der Waals surface area contributed by atoms with Gasteiger partial charge in [0.1, 0.15) is 0 Å². The van der Waals surface area contributed by atoms with E-state index in [-0.39, 0.29) is 39.3 Å². The van der Waals surface area contributed by atoms with Crippen LogP contribution in [0.5, 0.6) is 0 Å². The molecule has 15 heavy (non-hydrogen) atoms. The van der Waals surface area contributed by atoms with Gasteiger partial charge in [0.05, 0.1) is 0 Å². The Bertz CT molecular complexity index is 173. The Balaban J connectivity index is 0. The van der Waals surface area contributed by atoms with Crippen molar-refractivity contribution in [2.75, 3.05) is 13.7 Å². The number of methoxy groups -OCH3 is 1. The number of ether oxygens (including phenoxy) is 2. The summed E-state index contributed by atoms with van der Waals surface area (Å²) in [7, 11) is 1.46. The Hall–Kier alpha value is 0.204. The molecular weight excluding hydrogens is 273 g/mol. The average Bonchev–Trinajstić information content (AvgIpc) is 2.21. The van der Waals surface area contributed by atoms with Crippen molar-refractivity contribution in [2.45, 2.75) is 38.7 Å². The van der Waals surface area contributed by atoms with E-state index in [9.17, 15) is 9.59 Å². The van der Waals surface area contributed by atoms with Gasteiger partial charge in [-0.1, -0.05) is 26.2 Å². The summed E-state index contributed by atoms with van der Waals surface area (Å²) < 4.78 is 9.54. The Morgan fingerprint density at radius 2 is 2.07 bits per heavy atom. The maximum Gasteiger partial charge on any atom is 0.332 e. The van der Waals surface area contributed by atoms with Gasteiger partial charge in [-0.2, -0.15) is 0 Å². The molecule has 1 radical (unpaired) electrons. The fourth-order valence-electron chi connectivity index (χ4n) is 1.11. The fraction of sp³-hybridized carbons (Fsp3) is 0.800. The van der Waals surface area contributed by atoms with Crippen LogP contribution in [0.3, 0.4) is 0 Å². The number of rotatable bonds is 8. The van der Waals surface area contributed by atoms with Gasteiger partial charge in [0.15, 0.2) is 6.10 Å². The zero-order valence-electron chi connectivity index (χ0n) is 9.32. The van der Waals surface area contributed by atoms with E-state index >= 15 is 0 Å². The van der Waals surface area contributed by atoms with Gasteiger partial charge in [-0.3, -0.25) is 0 Å². The number of esters is 1. The van der Waals surface area contributed by atoms with Crippen LogP contribution in [0.4, 0.5) is 0 Å². The summed E-state index contributed by atoms with van der Waals surface area (Å²) in [5.74, 6) is -0.480. The van der Waals surface area contributed by atoms with Crippen molar-refractivity contribution in [1.29, 1.82) is 0 Å². The molecule has 0 aromatic heterocycles. The van der Waals surface area contributed by atoms with Crippen LogP contribution >= 0.6 is 0 Å². The van der Waals surface area contributed by atoms with E-state index in [1.165, 1.54) is 13.4 Å². The van der Waals surface area contributed by atoms with Gasteiger partial charge in [0, 0.05) is 39.8 Å². The van der Waals surface area contributed by atoms with Crippen molar-refractivity contribution >= 4 is 12.3 Å². The summed E-state index contributed by atoms with van der Waals surface area (Å²) in [6.07, 6.45) is 4.67. The van der Waals surface area contributed by atoms with E-state index < -0.39 is 12.1 Å². The third kappa shape index (κ3) is 9.15. The summed E-state index contributed by atoms with van der Waals surface area (Å²) in [5.41, 5.74) is 0. The Morgan fingerprint density at radius 3 is 2.53 bits per heavy atom. The van der Waals surface area contributed by atoms with Crippen LogP contribution in [0.15, 0.2) is 0 Å². The molecule has 0 aromatic carbocycles. The fourth-order valence-corrected chi connectivity index (χ4v) is 1.11. The van der Waals surface area contributed by atoms with E-state index in [4.69, 9.17) is 4.74 Å². The summed E-state index contributed by atoms with van der Waals surface area (Å²) in [4.78, 5) is 21.0. The molecule has 0 spiro atoms. The number of hydrogen-bond donors (Lipinski definition) is 0. The minimum atomic E-state index is -0.546. The molecule has 0 aliphatic heterocycles. The molecule has 0 aliphatic carbocycles. The summed E-state index contributed by atoms with van der Waals surface area (Å²) in [5, 5.41) is 0. The second kappa shape index (κ2) is 12.3. The van der Waals surface area contributed by atoms with Crippen molar-refractivity contribution in [2.24, 2.45) is 0 Å². The maximum atomic E-state index is 11.2. The Labute approximate surface area is 116 Å². The van der Waals surface area contributed by atoms with Crippen LogP contribution in [0, 0.1) is 0 Å². The van der Waals surface area contributed by atoms with Crippen LogP contribution in [0.25, 0.3) is 0 Å². The van der Waals surface area contributed by atoms with Crippen LogP contribution < -0.4 is 0 Å². The molecule has 0 bridgehead atoms. The van der Waals surface area contributed by atoms with Gasteiger partial charge >= 0.3 is 5.97 Å². The van der Waals surface area contributed by atoms with E-state index in [0.29, 0.717) is 6.42 Å². The Kier molecular flexibility index (Phi) is 14.4. The standard InChI is InChI=1S/C10H17O4.Y/c1-3-4-5-6-9(13-2)10(12)14-8-7-11;/h9H,3-6,8H2,1-2H3;/q-1;. The molecule has 1 atom stereocenters. The normalized spacial score (nSPS) is 11.3. The summed E-state index contributed by atoms with van der Waals surface area (Å²) in [6, 6.07) is 0. The van der Waals surface area contributed by atoms with Gasteiger partial charge in [-0.05, 0) is 13.0 Å². The number of carbonyl (C=O) groups excluding carboxylic acids is 2. The third-order valence-electron chi connectivity index (χ3n) is 1.89. The van der Waals surface area contributed by atoms with Crippen molar-refractivity contribution in [3.8, 4) is 0 Å². The first kappa shape index (κ1) is 17.6. The van der Waals surface area contributed by atoms with E-state index in [2.05, 4.69) is 11.7 Å². The van der Waals surface area contributed by atoms with Gasteiger partial charge in [-0.25, -0.2) is 11.1 Å². The molecule has 0 aliphatic rings. The van der Waals surface area contributed by atoms with Crippen LogP contribution in [-0.4, -0.2) is 32.1 Å². The van der Waals surface area contributed by atoms with Crippen molar-refractivity contribution < 1.29 is 51.8 Å². The van der Waals surface area contributed by atoms with Crippen molar-refractivity contribution in [3.05, 3.63) is 0 Å². The molecule has 0 N–H and O–H groups in total. The zero-order valence-corrected chi connectivity index (χ0v) is 12.2. The number of carbonyl (C=O) groups is 1. The van der Waals surface area contributed by atoms with Crippen LogP contribution in [-0.2, 0) is 51.8 Å². The number of unbranched alkanes of at least 4 members (excludes halogenated alkanes) is 2. The van der Waals surface area contributed by atoms with Crippen LogP contribution in [0.1, 0.15) is 32.6 Å². The van der Waals surface area contributed by atoms with Gasteiger partial charge in [0.2, 0.25) is 0 Å². The molecule has 1 unspecified atom stereocenters. The monoisotopic (exact) mass is 290 g/mol. The average molecular weight is 290 g/mol. The quantitative estimate of drug-likeness (QED) is 0.383. The van der Waals surface area contributed by atoms with Gasteiger partial charge < -0.3 is 14.3 Å². The van der Waals surface area contributed by atoms with Crippen LogP contribution in [0.2, 0.25) is 0 Å². The third-order valence-corrected chi connectivity index (χ3v) is 1.89. The molecule has 0 fully saturated rings. The first-order valence-corrected chi connectivity index (χ1v) is 4.80. The van der Waals surface area contributed by atoms with E-state index in [1.807, 2.05) is 0 Å². The zero-order chi connectivity index (χ0) is 10.8. The molecule has 5 heteroatoms. The second-order valence-corrected chi connectivity index (χ2v) is 2.97. The minimum absolute atomic E-state index is 0. The predicted molar refractivity (Wildman–Crippen MR) is 51.6 cm³/mol. The maximum absolute atomic E-state index is 11.2. The summed E-state index contributed by atoms with van der Waals surface area (Å²) >= 11 is 0. The molecule has 0 saturated heterocycles. The predicted octanol–water partition coefficient (Wildman–Crippen LogP) is 1.23. The van der Waals surface area contributed by atoms with Crippen molar-refractivity contribution in [3.63, 3.8) is 0 Å². The number of hydrogen-bond acceptors (Lipinski definition) is 4. The molecule has 0 saturated carbocycles. The molecule has 0 rings (SSSR count). The van der Waals surface area contributed by atoms with Gasteiger partial charge in [0.25, 0.3) is 0 Å². The molecule has 0 aromatic rings. The minimum Gasteiger partial charge on any atom is -0.539 e. The first-order chi connectivity index (χ1) is 6.76. The molecular formula is C10H17O4Y-. The topological polar surface area (TPSA) is 52.6 Å². The smallest absolute Gasteiger partial charge is 0.332 e. The molecule has 85 valence electrons. The molecule has 4 nitrogen and oxygen atoms in total. The van der Waals surface area contributed by atoms with E-state index in [1.54, 1.807) is 0 Å². The second-order valence-electron chi connectivity index (χ2n) is 2.97. The van der Waals surface area contributed by atoms with Gasteiger partial charge in [-0.15, -0.1) is 0 Å². The molecule has 0 heterocycles. The molecule has 0 amide bonds. The SMILES string of the molecule is CCCCCC(OC)C(=O)OC[C-]=O.[Y]. The Morgan fingerprint density at radius 1 is 1.40 bits per heavy atom.